The van der Waals surface area contributed by atoms with E-state index in [2.05, 4.69) is 40.0 Å². The average molecular weight is 435 g/mol. The largest absolute Gasteiger partial charge is 0.350 e. The normalized spacial score (nSPS) is 25.5. The summed E-state index contributed by atoms with van der Waals surface area (Å²) in [5, 5.41) is 17.1. The number of thioether (sulfide) groups is 1. The number of azo groups is 1. The zero-order chi connectivity index (χ0) is 22.6. The van der Waals surface area contributed by atoms with E-state index in [1.807, 2.05) is 26.8 Å². The van der Waals surface area contributed by atoms with Crippen molar-refractivity contribution in [2.45, 2.75) is 95.9 Å². The third-order valence-electron chi connectivity index (χ3n) is 4.96. The van der Waals surface area contributed by atoms with Crippen LogP contribution in [0.15, 0.2) is 22.0 Å². The van der Waals surface area contributed by atoms with Gasteiger partial charge in [-0.3, -0.25) is 4.79 Å². The minimum atomic E-state index is -0.628. The minimum absolute atomic E-state index is 0.0205. The van der Waals surface area contributed by atoms with Crippen LogP contribution < -0.4 is 16.0 Å². The molecule has 2 saturated heterocycles. The molecule has 2 aliphatic rings. The quantitative estimate of drug-likeness (QED) is 0.210. The standard InChI is InChI=1S/C17H28BN5O2S.C4H10/c1-4-12(23-22-11(2)3)9-19-14(24)8-6-5-7-13-15-17(18,10-26-13)21-16(25)20-15;1-3-4-2/h4,11,13,15H,5-10H2,1-3H3,(H,19,24)(H2,20,21,25);3-4H2,1-2H3/b12-4-,23-22?;/t13-,15+,17-;/m1./s1. The number of carbonyl (C=O) groups is 2. The van der Waals surface area contributed by atoms with Crippen molar-refractivity contribution in [2.24, 2.45) is 10.2 Å². The second kappa shape index (κ2) is 13.7. The average Bonchev–Trinajstić information content (AvgIpc) is 3.17. The third kappa shape index (κ3) is 9.10. The fraction of sp³-hybridized carbons (Fsp3) is 0.810. The van der Waals surface area contributed by atoms with Crippen LogP contribution in [-0.2, 0) is 4.79 Å². The molecule has 30 heavy (non-hydrogen) atoms. The van der Waals surface area contributed by atoms with Crippen molar-refractivity contribution in [1.82, 2.24) is 16.0 Å². The van der Waals surface area contributed by atoms with Crippen LogP contribution in [0.4, 0.5) is 4.79 Å². The van der Waals surface area contributed by atoms with Crippen LogP contribution in [0.25, 0.3) is 0 Å². The van der Waals surface area contributed by atoms with E-state index in [1.165, 1.54) is 12.8 Å². The number of urea groups is 1. The summed E-state index contributed by atoms with van der Waals surface area (Å²) in [4.78, 5) is 23.5. The van der Waals surface area contributed by atoms with Gasteiger partial charge in [0.05, 0.1) is 24.3 Å². The van der Waals surface area contributed by atoms with Gasteiger partial charge in [-0.05, 0) is 33.6 Å². The molecule has 3 N–H and O–H groups in total. The Bertz CT molecular complexity index is 612. The van der Waals surface area contributed by atoms with Crippen molar-refractivity contribution in [3.8, 4) is 0 Å². The molecule has 2 radical (unpaired) electrons. The Balaban J connectivity index is 0.00000103. The summed E-state index contributed by atoms with van der Waals surface area (Å²) in [7, 11) is 6.22. The monoisotopic (exact) mass is 435 g/mol. The lowest BCUT2D eigenvalue weighted by atomic mass is 9.73. The zero-order valence-corrected chi connectivity index (χ0v) is 20.0. The molecule has 9 heteroatoms. The van der Waals surface area contributed by atoms with Gasteiger partial charge in [-0.25, -0.2) is 4.79 Å². The van der Waals surface area contributed by atoms with E-state index in [1.54, 1.807) is 11.8 Å². The molecular formula is C21H38BN5O2S. The second-order valence-corrected chi connectivity index (χ2v) is 9.31. The summed E-state index contributed by atoms with van der Waals surface area (Å²) in [6.07, 6.45) is 7.65. The molecule has 2 rings (SSSR count). The highest BCUT2D eigenvalue weighted by Gasteiger charge is 2.50. The Morgan fingerprint density at radius 3 is 2.67 bits per heavy atom. The number of unbranched alkanes of at least 4 members (excludes halogenated alkanes) is 2. The van der Waals surface area contributed by atoms with Gasteiger partial charge in [0, 0.05) is 22.9 Å². The maximum atomic E-state index is 12.0. The fourth-order valence-electron chi connectivity index (χ4n) is 3.03. The maximum absolute atomic E-state index is 12.0. The number of amides is 3. The number of fused-ring (bicyclic) bond motifs is 1. The smallest absolute Gasteiger partial charge is 0.314 e. The minimum Gasteiger partial charge on any atom is -0.350 e. The first-order chi connectivity index (χ1) is 14.3. The molecule has 2 aliphatic heterocycles. The SMILES string of the molecule is CCCC.[B][C@@]12CS[C@H](CCCCC(=O)NC/C(=C/C)N=NC(C)C)[C@@H]1NC(=O)N2. The van der Waals surface area contributed by atoms with E-state index in [0.29, 0.717) is 18.2 Å². The number of carbonyl (C=O) groups excluding carboxylic acids is 2. The first-order valence-electron chi connectivity index (χ1n) is 11.1. The lowest BCUT2D eigenvalue weighted by molar-refractivity contribution is -0.121. The van der Waals surface area contributed by atoms with Crippen LogP contribution in [0.3, 0.4) is 0 Å². The van der Waals surface area contributed by atoms with Gasteiger partial charge in [-0.2, -0.15) is 22.0 Å². The molecule has 168 valence electrons. The molecule has 0 spiro atoms. The number of nitrogens with one attached hydrogen (secondary N) is 3. The first kappa shape index (κ1) is 26.5. The van der Waals surface area contributed by atoms with Crippen molar-refractivity contribution < 1.29 is 9.59 Å². The Labute approximate surface area is 187 Å². The Morgan fingerprint density at radius 2 is 2.07 bits per heavy atom. The van der Waals surface area contributed by atoms with Gasteiger partial charge >= 0.3 is 6.03 Å². The van der Waals surface area contributed by atoms with Crippen LogP contribution in [0.1, 0.15) is 73.1 Å². The Hall–Kier alpha value is -1.51. The number of rotatable bonds is 10. The first-order valence-corrected chi connectivity index (χ1v) is 12.1. The number of nitrogens with zero attached hydrogens (tertiary/aromatic N) is 2. The second-order valence-electron chi connectivity index (χ2n) is 8.08. The maximum Gasteiger partial charge on any atom is 0.314 e. The van der Waals surface area contributed by atoms with Crippen LogP contribution in [0, 0.1) is 0 Å². The van der Waals surface area contributed by atoms with E-state index in [0.717, 1.165) is 30.7 Å². The number of hydrogen-bond donors (Lipinski definition) is 3. The molecule has 3 atom stereocenters. The zero-order valence-electron chi connectivity index (χ0n) is 19.2. The highest BCUT2D eigenvalue weighted by molar-refractivity contribution is 8.00. The van der Waals surface area contributed by atoms with Crippen molar-refractivity contribution in [1.29, 1.82) is 0 Å². The molecule has 3 amide bonds. The van der Waals surface area contributed by atoms with Gasteiger partial charge in [-0.15, -0.1) is 0 Å². The molecule has 0 aromatic carbocycles. The van der Waals surface area contributed by atoms with Crippen molar-refractivity contribution in [3.63, 3.8) is 0 Å². The molecule has 0 aromatic rings. The predicted octanol–water partition coefficient (Wildman–Crippen LogP) is 3.90. The Morgan fingerprint density at radius 1 is 1.37 bits per heavy atom. The highest BCUT2D eigenvalue weighted by Crippen LogP contribution is 2.38. The number of hydrogen-bond acceptors (Lipinski definition) is 5. The lowest BCUT2D eigenvalue weighted by Crippen LogP contribution is -2.51. The van der Waals surface area contributed by atoms with Crippen molar-refractivity contribution in [2.75, 3.05) is 12.3 Å². The summed E-state index contributed by atoms with van der Waals surface area (Å²) in [5.41, 5.74) is 0.134. The van der Waals surface area contributed by atoms with Crippen LogP contribution in [-0.4, -0.2) is 54.9 Å². The molecule has 2 fully saturated rings. The summed E-state index contributed by atoms with van der Waals surface area (Å²) in [6, 6.07) is -0.0739. The highest BCUT2D eigenvalue weighted by atomic mass is 32.2. The van der Waals surface area contributed by atoms with Gasteiger partial charge in [0.25, 0.3) is 0 Å². The van der Waals surface area contributed by atoms with Crippen LogP contribution in [0.2, 0.25) is 0 Å². The van der Waals surface area contributed by atoms with Gasteiger partial charge in [0.2, 0.25) is 5.91 Å². The summed E-state index contributed by atoms with van der Waals surface area (Å²) in [6.45, 7) is 10.6. The van der Waals surface area contributed by atoms with Crippen LogP contribution in [0.5, 0.6) is 0 Å². The topological polar surface area (TPSA) is 94.9 Å². The van der Waals surface area contributed by atoms with E-state index in [4.69, 9.17) is 7.85 Å². The van der Waals surface area contributed by atoms with E-state index < -0.39 is 5.44 Å². The summed E-state index contributed by atoms with van der Waals surface area (Å²) in [5.74, 6) is 0.741. The molecular weight excluding hydrogens is 397 g/mol. The van der Waals surface area contributed by atoms with Gasteiger partial charge in [0.15, 0.2) is 0 Å². The van der Waals surface area contributed by atoms with E-state index in [-0.39, 0.29) is 24.0 Å². The van der Waals surface area contributed by atoms with E-state index >= 15 is 0 Å². The lowest BCUT2D eigenvalue weighted by Gasteiger charge is -2.24. The number of allylic oxidation sites excluding steroid dienone is 1. The van der Waals surface area contributed by atoms with Gasteiger partial charge in [0.1, 0.15) is 7.85 Å². The van der Waals surface area contributed by atoms with Crippen molar-refractivity contribution in [3.05, 3.63) is 11.8 Å². The molecule has 0 unspecified atom stereocenters. The van der Waals surface area contributed by atoms with Gasteiger partial charge in [-0.1, -0.05) is 39.2 Å². The fourth-order valence-corrected chi connectivity index (χ4v) is 4.61. The van der Waals surface area contributed by atoms with E-state index in [9.17, 15) is 9.59 Å². The molecule has 0 aliphatic carbocycles. The summed E-state index contributed by atoms with van der Waals surface area (Å²) < 4.78 is 0. The molecule has 7 nitrogen and oxygen atoms in total. The van der Waals surface area contributed by atoms with Crippen LogP contribution >= 0.6 is 11.8 Å². The predicted molar refractivity (Wildman–Crippen MR) is 126 cm³/mol. The molecule has 0 saturated carbocycles. The summed E-state index contributed by atoms with van der Waals surface area (Å²) >= 11 is 1.79. The van der Waals surface area contributed by atoms with Gasteiger partial charge < -0.3 is 16.0 Å². The molecule has 0 bridgehead atoms. The third-order valence-corrected chi connectivity index (χ3v) is 6.54. The molecule has 0 aromatic heterocycles. The molecule has 2 heterocycles. The van der Waals surface area contributed by atoms with Crippen molar-refractivity contribution >= 4 is 31.5 Å². The Kier molecular flexibility index (Phi) is 12.1.